The maximum Gasteiger partial charge on any atom is 0.348 e. The molecule has 1 aromatic rings. The Labute approximate surface area is 97.8 Å². The molecule has 1 aliphatic heterocycles. The fourth-order valence-corrected chi connectivity index (χ4v) is 2.77. The van der Waals surface area contributed by atoms with E-state index in [2.05, 4.69) is 0 Å². The van der Waals surface area contributed by atoms with Gasteiger partial charge in [0.2, 0.25) is 9.84 Å². The van der Waals surface area contributed by atoms with Crippen LogP contribution in [0.25, 0.3) is 5.57 Å². The summed E-state index contributed by atoms with van der Waals surface area (Å²) in [5, 5.41) is 9.82. The fraction of sp³-hybridized carbons (Fsp3) is 0. The molecule has 2 rings (SSSR count). The first-order chi connectivity index (χ1) is 7.92. The molecule has 0 aliphatic carbocycles. The van der Waals surface area contributed by atoms with Gasteiger partial charge in [-0.05, 0) is 23.8 Å². The fourth-order valence-electron chi connectivity index (χ4n) is 1.58. The van der Waals surface area contributed by atoms with Gasteiger partial charge in [-0.2, -0.15) is 0 Å². The SMILES string of the molecule is Nc1ccc(C2=C(C(=O)O)S(=O)(=O)C=C2)cc1. The number of nitrogen functional groups attached to an aromatic ring is 1. The third-order valence-electron chi connectivity index (χ3n) is 2.36. The molecule has 0 saturated heterocycles. The van der Waals surface area contributed by atoms with Crippen molar-refractivity contribution in [3.8, 4) is 0 Å². The summed E-state index contributed by atoms with van der Waals surface area (Å²) in [4.78, 5) is 10.4. The molecular formula is C11H9NO4S. The van der Waals surface area contributed by atoms with E-state index in [4.69, 9.17) is 10.8 Å². The Morgan fingerprint density at radius 1 is 1.18 bits per heavy atom. The Bertz CT molecular complexity index is 639. The van der Waals surface area contributed by atoms with Gasteiger partial charge in [-0.3, -0.25) is 0 Å². The second-order valence-corrected chi connectivity index (χ2v) is 5.29. The number of carboxylic acids is 1. The molecule has 6 heteroatoms. The molecule has 0 amide bonds. The summed E-state index contributed by atoms with van der Waals surface area (Å²) in [5.41, 5.74) is 6.72. The van der Waals surface area contributed by atoms with Crippen LogP contribution in [0, 0.1) is 0 Å². The van der Waals surface area contributed by atoms with Gasteiger partial charge in [0.25, 0.3) is 0 Å². The summed E-state index contributed by atoms with van der Waals surface area (Å²) in [6, 6.07) is 6.33. The summed E-state index contributed by atoms with van der Waals surface area (Å²) >= 11 is 0. The minimum Gasteiger partial charge on any atom is -0.477 e. The maximum absolute atomic E-state index is 11.5. The number of sulfone groups is 1. The molecule has 0 atom stereocenters. The molecular weight excluding hydrogens is 242 g/mol. The van der Waals surface area contributed by atoms with Crippen LogP contribution in [0.15, 0.2) is 40.7 Å². The Morgan fingerprint density at radius 2 is 1.76 bits per heavy atom. The van der Waals surface area contributed by atoms with Gasteiger partial charge in [-0.1, -0.05) is 12.1 Å². The molecule has 1 aliphatic rings. The quantitative estimate of drug-likeness (QED) is 0.764. The number of hydrogen-bond acceptors (Lipinski definition) is 4. The molecule has 1 heterocycles. The second-order valence-electron chi connectivity index (χ2n) is 3.52. The van der Waals surface area contributed by atoms with Gasteiger partial charge in [-0.15, -0.1) is 0 Å². The minimum atomic E-state index is -3.83. The first-order valence-corrected chi connectivity index (χ1v) is 6.23. The van der Waals surface area contributed by atoms with Crippen LogP contribution in [-0.2, 0) is 14.6 Å². The van der Waals surface area contributed by atoms with Crippen LogP contribution in [-0.4, -0.2) is 19.5 Å². The van der Waals surface area contributed by atoms with Crippen molar-refractivity contribution in [3.63, 3.8) is 0 Å². The number of rotatable bonds is 2. The molecule has 0 spiro atoms. The first kappa shape index (κ1) is 11.4. The van der Waals surface area contributed by atoms with Gasteiger partial charge >= 0.3 is 5.97 Å². The summed E-state index contributed by atoms with van der Waals surface area (Å²) in [5.74, 6) is -1.46. The van der Waals surface area contributed by atoms with E-state index in [1.807, 2.05) is 0 Å². The predicted molar refractivity (Wildman–Crippen MR) is 63.5 cm³/mol. The molecule has 0 radical (unpaired) electrons. The highest BCUT2D eigenvalue weighted by atomic mass is 32.2. The summed E-state index contributed by atoms with van der Waals surface area (Å²) in [6.45, 7) is 0. The van der Waals surface area contributed by atoms with Gasteiger partial charge in [0.05, 0.1) is 0 Å². The van der Waals surface area contributed by atoms with E-state index >= 15 is 0 Å². The van der Waals surface area contributed by atoms with E-state index in [-0.39, 0.29) is 5.57 Å². The van der Waals surface area contributed by atoms with Crippen molar-refractivity contribution in [2.75, 3.05) is 5.73 Å². The number of carbonyl (C=O) groups is 1. The summed E-state index contributed by atoms with van der Waals surface area (Å²) in [7, 11) is -3.83. The van der Waals surface area contributed by atoms with E-state index in [0.717, 1.165) is 5.41 Å². The van der Waals surface area contributed by atoms with E-state index in [1.165, 1.54) is 6.08 Å². The number of carboxylic acid groups (broad SMARTS) is 1. The number of anilines is 1. The molecule has 1 aromatic carbocycles. The Hall–Kier alpha value is -2.08. The summed E-state index contributed by atoms with van der Waals surface area (Å²) < 4.78 is 23.0. The molecule has 17 heavy (non-hydrogen) atoms. The average Bonchev–Trinajstić information content (AvgIpc) is 2.55. The third-order valence-corrected chi connectivity index (χ3v) is 3.82. The van der Waals surface area contributed by atoms with Crippen LogP contribution in [0.4, 0.5) is 5.69 Å². The highest BCUT2D eigenvalue weighted by Gasteiger charge is 2.30. The lowest BCUT2D eigenvalue weighted by atomic mass is 10.1. The van der Waals surface area contributed by atoms with Crippen LogP contribution in [0.1, 0.15) is 5.56 Å². The lowest BCUT2D eigenvalue weighted by Crippen LogP contribution is -2.09. The monoisotopic (exact) mass is 251 g/mol. The van der Waals surface area contributed by atoms with Crippen molar-refractivity contribution in [2.24, 2.45) is 0 Å². The van der Waals surface area contributed by atoms with Crippen molar-refractivity contribution in [2.45, 2.75) is 0 Å². The van der Waals surface area contributed by atoms with Crippen LogP contribution >= 0.6 is 0 Å². The topological polar surface area (TPSA) is 97.5 Å². The zero-order chi connectivity index (χ0) is 12.6. The van der Waals surface area contributed by atoms with Gasteiger partial charge in [-0.25, -0.2) is 13.2 Å². The Kier molecular flexibility index (Phi) is 2.51. The molecule has 0 saturated carbocycles. The highest BCUT2D eigenvalue weighted by molar-refractivity contribution is 7.99. The van der Waals surface area contributed by atoms with Crippen molar-refractivity contribution in [1.82, 2.24) is 0 Å². The molecule has 3 N–H and O–H groups in total. The predicted octanol–water partition coefficient (Wildman–Crippen LogP) is 1.01. The molecule has 0 fully saturated rings. The largest absolute Gasteiger partial charge is 0.477 e. The van der Waals surface area contributed by atoms with Crippen LogP contribution in [0.2, 0.25) is 0 Å². The van der Waals surface area contributed by atoms with Crippen molar-refractivity contribution >= 4 is 27.1 Å². The highest BCUT2D eigenvalue weighted by Crippen LogP contribution is 2.31. The average molecular weight is 251 g/mol. The van der Waals surface area contributed by atoms with Crippen molar-refractivity contribution in [3.05, 3.63) is 46.2 Å². The standard InChI is InChI=1S/C11H9NO4S/c12-8-3-1-7(2-4-8)9-5-6-17(15,16)10(9)11(13)14/h1-6H,12H2,(H,13,14). The maximum atomic E-state index is 11.5. The number of hydrogen-bond donors (Lipinski definition) is 2. The molecule has 5 nitrogen and oxygen atoms in total. The molecule has 0 unspecified atom stereocenters. The van der Waals surface area contributed by atoms with Gasteiger partial charge in [0, 0.05) is 16.7 Å². The first-order valence-electron chi connectivity index (χ1n) is 4.68. The van der Waals surface area contributed by atoms with E-state index < -0.39 is 20.7 Å². The molecule has 0 aromatic heterocycles. The van der Waals surface area contributed by atoms with Crippen LogP contribution < -0.4 is 5.73 Å². The van der Waals surface area contributed by atoms with Crippen LogP contribution in [0.3, 0.4) is 0 Å². The second kappa shape index (κ2) is 3.74. The zero-order valence-electron chi connectivity index (χ0n) is 8.62. The van der Waals surface area contributed by atoms with Gasteiger partial charge < -0.3 is 10.8 Å². The van der Waals surface area contributed by atoms with E-state index in [0.29, 0.717) is 11.3 Å². The molecule has 88 valence electrons. The zero-order valence-corrected chi connectivity index (χ0v) is 9.44. The number of nitrogens with two attached hydrogens (primary N) is 1. The number of benzene rings is 1. The third kappa shape index (κ3) is 1.94. The van der Waals surface area contributed by atoms with Gasteiger partial charge in [0.1, 0.15) is 0 Å². The van der Waals surface area contributed by atoms with Crippen molar-refractivity contribution < 1.29 is 18.3 Å². The van der Waals surface area contributed by atoms with E-state index in [9.17, 15) is 13.2 Å². The van der Waals surface area contributed by atoms with Crippen LogP contribution in [0.5, 0.6) is 0 Å². The molecule has 0 bridgehead atoms. The lowest BCUT2D eigenvalue weighted by Gasteiger charge is -2.03. The minimum absolute atomic E-state index is 0.178. The summed E-state index contributed by atoms with van der Waals surface area (Å²) in [6.07, 6.45) is 1.28. The van der Waals surface area contributed by atoms with Crippen molar-refractivity contribution in [1.29, 1.82) is 0 Å². The number of aliphatic carboxylic acids is 1. The Morgan fingerprint density at radius 3 is 2.29 bits per heavy atom. The van der Waals surface area contributed by atoms with E-state index in [1.54, 1.807) is 24.3 Å². The Balaban J connectivity index is 2.65. The normalized spacial score (nSPS) is 17.4. The number of allylic oxidation sites excluding steroid dienone is 2. The lowest BCUT2D eigenvalue weighted by molar-refractivity contribution is -0.131. The smallest absolute Gasteiger partial charge is 0.348 e. The van der Waals surface area contributed by atoms with Gasteiger partial charge in [0.15, 0.2) is 4.91 Å².